The number of aromatic amines is 1. The summed E-state index contributed by atoms with van der Waals surface area (Å²) in [6.45, 7) is 1.76. The normalized spacial score (nSPS) is 14.8. The van der Waals surface area contributed by atoms with E-state index in [-0.39, 0.29) is 10.7 Å². The number of benzene rings is 1. The number of sulfone groups is 1. The van der Waals surface area contributed by atoms with Crippen molar-refractivity contribution in [1.29, 1.82) is 0 Å². The third kappa shape index (κ3) is 3.63. The van der Waals surface area contributed by atoms with E-state index in [1.54, 1.807) is 4.68 Å². The largest absolute Gasteiger partial charge is 0.297 e. The minimum atomic E-state index is -3.55. The van der Waals surface area contributed by atoms with Gasteiger partial charge in [-0.25, -0.2) is 13.4 Å². The molecule has 0 amide bonds. The second-order valence-corrected chi connectivity index (χ2v) is 9.00. The Morgan fingerprint density at radius 3 is 2.68 bits per heavy atom. The Balaban J connectivity index is 1.61. The van der Waals surface area contributed by atoms with Crippen molar-refractivity contribution in [2.24, 2.45) is 7.05 Å². The van der Waals surface area contributed by atoms with Gasteiger partial charge in [-0.05, 0) is 0 Å². The summed E-state index contributed by atoms with van der Waals surface area (Å²) in [7, 11) is -1.65. The third-order valence-corrected chi connectivity index (χ3v) is 5.72. The molecule has 1 N–H and O–H groups in total. The SMILES string of the molecule is Cn1cc(CN2CCc3nc(S(C)(=O)=O)[nH]c(=O)c3C2)c(-c2ccccc2)n1. The summed E-state index contributed by atoms with van der Waals surface area (Å²) >= 11 is 0. The van der Waals surface area contributed by atoms with Gasteiger partial charge in [0.25, 0.3) is 5.56 Å². The van der Waals surface area contributed by atoms with Gasteiger partial charge in [-0.3, -0.25) is 19.4 Å². The molecule has 28 heavy (non-hydrogen) atoms. The van der Waals surface area contributed by atoms with Crippen LogP contribution >= 0.6 is 0 Å². The fourth-order valence-electron chi connectivity index (χ4n) is 3.50. The summed E-state index contributed by atoms with van der Waals surface area (Å²) in [5.41, 5.74) is 3.76. The van der Waals surface area contributed by atoms with Crippen LogP contribution in [0.1, 0.15) is 16.8 Å². The predicted molar refractivity (Wildman–Crippen MR) is 104 cm³/mol. The number of hydrogen-bond donors (Lipinski definition) is 1. The number of nitrogens with one attached hydrogen (secondary N) is 1. The minimum absolute atomic E-state index is 0.261. The van der Waals surface area contributed by atoms with Crippen molar-refractivity contribution >= 4 is 9.84 Å². The van der Waals surface area contributed by atoms with Gasteiger partial charge in [0.2, 0.25) is 15.0 Å². The summed E-state index contributed by atoms with van der Waals surface area (Å²) in [4.78, 5) is 21.1. The van der Waals surface area contributed by atoms with Crippen LogP contribution in [0, 0.1) is 0 Å². The van der Waals surface area contributed by atoms with Gasteiger partial charge in [-0.1, -0.05) is 30.3 Å². The molecule has 8 nitrogen and oxygen atoms in total. The molecule has 3 aromatic rings. The molecule has 0 radical (unpaired) electrons. The van der Waals surface area contributed by atoms with Crippen molar-refractivity contribution < 1.29 is 8.42 Å². The van der Waals surface area contributed by atoms with Crippen molar-refractivity contribution in [2.45, 2.75) is 24.7 Å². The third-order valence-electron chi connectivity index (χ3n) is 4.82. The van der Waals surface area contributed by atoms with Crippen LogP contribution in [0.3, 0.4) is 0 Å². The Bertz CT molecular complexity index is 1180. The first-order valence-electron chi connectivity index (χ1n) is 8.93. The number of aromatic nitrogens is 4. The molecule has 1 aliphatic heterocycles. The molecule has 0 bridgehead atoms. The molecule has 0 saturated heterocycles. The molecule has 1 aliphatic rings. The lowest BCUT2D eigenvalue weighted by molar-refractivity contribution is 0.241. The minimum Gasteiger partial charge on any atom is -0.297 e. The molecule has 2 aromatic heterocycles. The predicted octanol–water partition coefficient (Wildman–Crippen LogP) is 1.13. The van der Waals surface area contributed by atoms with E-state index in [4.69, 9.17) is 0 Å². The maximum atomic E-state index is 12.4. The topological polar surface area (TPSA) is 101 Å². The van der Waals surface area contributed by atoms with Crippen molar-refractivity contribution in [2.75, 3.05) is 12.8 Å². The highest BCUT2D eigenvalue weighted by molar-refractivity contribution is 7.90. The van der Waals surface area contributed by atoms with E-state index in [1.807, 2.05) is 43.6 Å². The van der Waals surface area contributed by atoms with Gasteiger partial charge in [0.15, 0.2) is 0 Å². The van der Waals surface area contributed by atoms with E-state index in [2.05, 4.69) is 20.0 Å². The molecule has 0 atom stereocenters. The van der Waals surface area contributed by atoms with E-state index >= 15 is 0 Å². The van der Waals surface area contributed by atoms with Crippen molar-refractivity contribution in [3.63, 3.8) is 0 Å². The van der Waals surface area contributed by atoms with Crippen LogP contribution < -0.4 is 5.56 Å². The average Bonchev–Trinajstić information content (AvgIpc) is 3.02. The van der Waals surface area contributed by atoms with Crippen LogP contribution in [-0.4, -0.2) is 45.9 Å². The second kappa shape index (κ2) is 6.99. The first kappa shape index (κ1) is 18.6. The molecule has 0 fully saturated rings. The lowest BCUT2D eigenvalue weighted by atomic mass is 10.0. The Morgan fingerprint density at radius 1 is 1.21 bits per heavy atom. The first-order valence-corrected chi connectivity index (χ1v) is 10.8. The van der Waals surface area contributed by atoms with Gasteiger partial charge in [0, 0.05) is 56.7 Å². The Morgan fingerprint density at radius 2 is 1.96 bits per heavy atom. The van der Waals surface area contributed by atoms with E-state index < -0.39 is 9.84 Å². The smallest absolute Gasteiger partial charge is 0.256 e. The number of rotatable bonds is 4. The fraction of sp³-hybridized carbons (Fsp3) is 0.316. The maximum Gasteiger partial charge on any atom is 0.256 e. The van der Waals surface area contributed by atoms with Crippen LogP contribution in [-0.2, 0) is 36.4 Å². The first-order chi connectivity index (χ1) is 13.3. The van der Waals surface area contributed by atoms with Crippen molar-refractivity contribution in [3.8, 4) is 11.3 Å². The van der Waals surface area contributed by atoms with Gasteiger partial charge in [0.05, 0.1) is 17.0 Å². The van der Waals surface area contributed by atoms with Crippen LogP contribution in [0.5, 0.6) is 0 Å². The van der Waals surface area contributed by atoms with Gasteiger partial charge < -0.3 is 0 Å². The van der Waals surface area contributed by atoms with Gasteiger partial charge in [-0.2, -0.15) is 5.10 Å². The number of nitrogens with zero attached hydrogens (tertiary/aromatic N) is 4. The molecular weight excluding hydrogens is 378 g/mol. The summed E-state index contributed by atoms with van der Waals surface area (Å²) in [6.07, 6.45) is 3.57. The molecule has 9 heteroatoms. The van der Waals surface area contributed by atoms with E-state index in [1.165, 1.54) is 0 Å². The zero-order valence-electron chi connectivity index (χ0n) is 15.7. The molecule has 3 heterocycles. The summed E-state index contributed by atoms with van der Waals surface area (Å²) < 4.78 is 25.2. The molecule has 0 spiro atoms. The standard InChI is InChI=1S/C19H21N5O3S/c1-23-10-14(17(22-23)13-6-4-3-5-7-13)11-24-9-8-16-15(12-24)18(25)21-19(20-16)28(2,26)27/h3-7,10H,8-9,11-12H2,1-2H3,(H,20,21,25). The van der Waals surface area contributed by atoms with E-state index in [0.29, 0.717) is 37.3 Å². The van der Waals surface area contributed by atoms with Gasteiger partial charge in [0.1, 0.15) is 0 Å². The maximum absolute atomic E-state index is 12.4. The Kier molecular flexibility index (Phi) is 4.64. The highest BCUT2D eigenvalue weighted by Crippen LogP contribution is 2.25. The zero-order chi connectivity index (χ0) is 19.9. The molecular formula is C19H21N5O3S. The number of hydrogen-bond acceptors (Lipinski definition) is 6. The molecule has 1 aromatic carbocycles. The summed E-state index contributed by atoms with van der Waals surface area (Å²) in [6, 6.07) is 9.99. The van der Waals surface area contributed by atoms with Crippen molar-refractivity contribution in [3.05, 3.63) is 63.7 Å². The quantitative estimate of drug-likeness (QED) is 0.660. The lowest BCUT2D eigenvalue weighted by Gasteiger charge is -2.27. The Hall–Kier alpha value is -2.78. The van der Waals surface area contributed by atoms with Gasteiger partial charge in [-0.15, -0.1) is 0 Å². The molecule has 0 saturated carbocycles. The highest BCUT2D eigenvalue weighted by atomic mass is 32.2. The second-order valence-electron chi connectivity index (χ2n) is 7.07. The molecule has 146 valence electrons. The number of fused-ring (bicyclic) bond motifs is 1. The number of aryl methyl sites for hydroxylation is 1. The average molecular weight is 399 g/mol. The highest BCUT2D eigenvalue weighted by Gasteiger charge is 2.24. The fourth-order valence-corrected chi connectivity index (χ4v) is 4.06. The van der Waals surface area contributed by atoms with Crippen molar-refractivity contribution in [1.82, 2.24) is 24.6 Å². The van der Waals surface area contributed by atoms with E-state index in [9.17, 15) is 13.2 Å². The van der Waals surface area contributed by atoms with Crippen LogP contribution in [0.25, 0.3) is 11.3 Å². The summed E-state index contributed by atoms with van der Waals surface area (Å²) in [5, 5.41) is 4.33. The van der Waals surface area contributed by atoms with Gasteiger partial charge >= 0.3 is 0 Å². The molecule has 4 rings (SSSR count). The molecule has 0 unspecified atom stereocenters. The van der Waals surface area contributed by atoms with Crippen LogP contribution in [0.2, 0.25) is 0 Å². The monoisotopic (exact) mass is 399 g/mol. The number of H-pyrrole nitrogens is 1. The summed E-state index contributed by atoms with van der Waals surface area (Å²) in [5.74, 6) is 0. The van der Waals surface area contributed by atoms with E-state index in [0.717, 1.165) is 23.1 Å². The molecule has 0 aliphatic carbocycles. The van der Waals surface area contributed by atoms with Crippen LogP contribution in [0.4, 0.5) is 0 Å². The zero-order valence-corrected chi connectivity index (χ0v) is 16.5. The Labute approximate surface area is 162 Å². The lowest BCUT2D eigenvalue weighted by Crippen LogP contribution is -2.36. The van der Waals surface area contributed by atoms with Crippen LogP contribution in [0.15, 0.2) is 46.5 Å².